The lowest BCUT2D eigenvalue weighted by atomic mass is 10.0. The molecule has 2 heterocycles. The van der Waals surface area contributed by atoms with Crippen LogP contribution in [0.3, 0.4) is 0 Å². The Balaban J connectivity index is 2.76. The lowest BCUT2D eigenvalue weighted by Crippen LogP contribution is -2.24. The number of aromatic nitrogens is 2. The highest BCUT2D eigenvalue weighted by Crippen LogP contribution is 2.20. The molecule has 2 aromatic heterocycles. The predicted octanol–water partition coefficient (Wildman–Crippen LogP) is 1.15. The molecule has 0 radical (unpaired) electrons. The molecule has 0 saturated heterocycles. The SMILES string of the molecule is Cn1ccc(-c2ccncc2)c(C(=O)O)c1=O. The molecule has 0 aliphatic heterocycles. The summed E-state index contributed by atoms with van der Waals surface area (Å²) in [4.78, 5) is 26.8. The minimum absolute atomic E-state index is 0.221. The molecule has 17 heavy (non-hydrogen) atoms. The van der Waals surface area contributed by atoms with Crippen molar-refractivity contribution in [2.75, 3.05) is 0 Å². The molecule has 0 spiro atoms. The first-order valence-corrected chi connectivity index (χ1v) is 4.94. The van der Waals surface area contributed by atoms with Gasteiger partial charge in [-0.2, -0.15) is 0 Å². The van der Waals surface area contributed by atoms with Crippen LogP contribution in [0.25, 0.3) is 11.1 Å². The van der Waals surface area contributed by atoms with E-state index in [-0.39, 0.29) is 5.56 Å². The van der Waals surface area contributed by atoms with E-state index < -0.39 is 11.5 Å². The van der Waals surface area contributed by atoms with Crippen molar-refractivity contribution in [3.8, 4) is 11.1 Å². The molecule has 0 aliphatic carbocycles. The second-order valence-corrected chi connectivity index (χ2v) is 3.56. The minimum Gasteiger partial charge on any atom is -0.477 e. The van der Waals surface area contributed by atoms with Gasteiger partial charge in [0.15, 0.2) is 0 Å². The average Bonchev–Trinajstić information content (AvgIpc) is 2.33. The van der Waals surface area contributed by atoms with E-state index >= 15 is 0 Å². The van der Waals surface area contributed by atoms with Crippen molar-refractivity contribution in [2.45, 2.75) is 0 Å². The van der Waals surface area contributed by atoms with Crippen molar-refractivity contribution in [1.29, 1.82) is 0 Å². The normalized spacial score (nSPS) is 10.2. The van der Waals surface area contributed by atoms with E-state index in [1.165, 1.54) is 11.6 Å². The smallest absolute Gasteiger partial charge is 0.341 e. The third-order valence-corrected chi connectivity index (χ3v) is 2.47. The van der Waals surface area contributed by atoms with Crippen molar-refractivity contribution in [3.63, 3.8) is 0 Å². The number of hydrogen-bond donors (Lipinski definition) is 1. The van der Waals surface area contributed by atoms with Gasteiger partial charge in [-0.15, -0.1) is 0 Å². The number of pyridine rings is 2. The summed E-state index contributed by atoms with van der Waals surface area (Å²) in [5, 5.41) is 9.10. The summed E-state index contributed by atoms with van der Waals surface area (Å²) in [5.41, 5.74) is 0.325. The van der Waals surface area contributed by atoms with Crippen LogP contribution in [-0.2, 0) is 7.05 Å². The van der Waals surface area contributed by atoms with Crippen molar-refractivity contribution in [2.24, 2.45) is 7.05 Å². The minimum atomic E-state index is -1.22. The van der Waals surface area contributed by atoms with Crippen LogP contribution in [0.2, 0.25) is 0 Å². The molecule has 2 aromatic rings. The van der Waals surface area contributed by atoms with Crippen LogP contribution in [0.4, 0.5) is 0 Å². The maximum Gasteiger partial charge on any atom is 0.341 e. The van der Waals surface area contributed by atoms with Gasteiger partial charge in [0.2, 0.25) is 0 Å². The summed E-state index contributed by atoms with van der Waals surface area (Å²) in [7, 11) is 1.52. The number of rotatable bonds is 2. The lowest BCUT2D eigenvalue weighted by molar-refractivity contribution is 0.0695. The van der Waals surface area contributed by atoms with Crippen LogP contribution in [0.15, 0.2) is 41.6 Å². The third-order valence-electron chi connectivity index (χ3n) is 2.47. The van der Waals surface area contributed by atoms with Crippen LogP contribution < -0.4 is 5.56 Å². The number of carboxylic acid groups (broad SMARTS) is 1. The number of nitrogens with zero attached hydrogens (tertiary/aromatic N) is 2. The molecule has 0 saturated carbocycles. The molecule has 0 aromatic carbocycles. The highest BCUT2D eigenvalue weighted by Gasteiger charge is 2.16. The van der Waals surface area contributed by atoms with Gasteiger partial charge in [-0.05, 0) is 23.8 Å². The molecule has 0 amide bonds. The van der Waals surface area contributed by atoms with E-state index in [0.29, 0.717) is 11.1 Å². The quantitative estimate of drug-likeness (QED) is 0.839. The molecule has 0 aliphatic rings. The fraction of sp³-hybridized carbons (Fsp3) is 0.0833. The topological polar surface area (TPSA) is 72.2 Å². The molecular weight excluding hydrogens is 220 g/mol. The molecular formula is C12H10N2O3. The van der Waals surface area contributed by atoms with Gasteiger partial charge in [0.25, 0.3) is 5.56 Å². The van der Waals surface area contributed by atoms with Gasteiger partial charge in [0, 0.05) is 31.2 Å². The second-order valence-electron chi connectivity index (χ2n) is 3.56. The van der Waals surface area contributed by atoms with Crippen molar-refractivity contribution in [1.82, 2.24) is 9.55 Å². The lowest BCUT2D eigenvalue weighted by Gasteiger charge is -2.07. The van der Waals surface area contributed by atoms with Gasteiger partial charge in [-0.3, -0.25) is 9.78 Å². The number of carbonyl (C=O) groups is 1. The first kappa shape index (κ1) is 11.1. The van der Waals surface area contributed by atoms with E-state index in [1.807, 2.05) is 0 Å². The fourth-order valence-electron chi connectivity index (χ4n) is 1.61. The molecule has 1 N–H and O–H groups in total. The second kappa shape index (κ2) is 4.21. The zero-order valence-electron chi connectivity index (χ0n) is 9.12. The molecule has 0 bridgehead atoms. The van der Waals surface area contributed by atoms with Gasteiger partial charge >= 0.3 is 5.97 Å². The highest BCUT2D eigenvalue weighted by molar-refractivity contribution is 5.95. The van der Waals surface area contributed by atoms with Gasteiger partial charge in [-0.25, -0.2) is 4.79 Å². The van der Waals surface area contributed by atoms with Crippen LogP contribution in [0.1, 0.15) is 10.4 Å². The summed E-state index contributed by atoms with van der Waals surface area (Å²) in [6.07, 6.45) is 4.65. The number of hydrogen-bond acceptors (Lipinski definition) is 3. The zero-order valence-corrected chi connectivity index (χ0v) is 9.12. The van der Waals surface area contributed by atoms with Crippen LogP contribution in [0.5, 0.6) is 0 Å². The Hall–Kier alpha value is -2.43. The van der Waals surface area contributed by atoms with E-state index in [1.54, 1.807) is 36.8 Å². The molecule has 5 nitrogen and oxygen atoms in total. The van der Waals surface area contributed by atoms with Crippen LogP contribution in [-0.4, -0.2) is 20.6 Å². The first-order chi connectivity index (χ1) is 8.11. The number of carboxylic acids is 1. The summed E-state index contributed by atoms with van der Waals surface area (Å²) in [6.45, 7) is 0. The van der Waals surface area contributed by atoms with E-state index in [2.05, 4.69) is 4.98 Å². The average molecular weight is 230 g/mol. The Labute approximate surface area is 97.0 Å². The molecule has 5 heteroatoms. The molecule has 0 atom stereocenters. The highest BCUT2D eigenvalue weighted by atomic mass is 16.4. The maximum absolute atomic E-state index is 11.8. The first-order valence-electron chi connectivity index (χ1n) is 4.94. The van der Waals surface area contributed by atoms with E-state index in [9.17, 15) is 9.59 Å². The van der Waals surface area contributed by atoms with Crippen molar-refractivity contribution < 1.29 is 9.90 Å². The van der Waals surface area contributed by atoms with Crippen LogP contribution in [0, 0.1) is 0 Å². The van der Waals surface area contributed by atoms with Gasteiger partial charge in [0.05, 0.1) is 0 Å². The summed E-state index contributed by atoms with van der Waals surface area (Å²) in [5.74, 6) is -1.22. The third kappa shape index (κ3) is 1.94. The monoisotopic (exact) mass is 230 g/mol. The van der Waals surface area contributed by atoms with E-state index in [0.717, 1.165) is 0 Å². The van der Waals surface area contributed by atoms with E-state index in [4.69, 9.17) is 5.11 Å². The Morgan fingerprint density at radius 1 is 1.29 bits per heavy atom. The Morgan fingerprint density at radius 2 is 1.94 bits per heavy atom. The summed E-state index contributed by atoms with van der Waals surface area (Å²) in [6, 6.07) is 4.95. The van der Waals surface area contributed by atoms with Gasteiger partial charge in [-0.1, -0.05) is 0 Å². The largest absolute Gasteiger partial charge is 0.477 e. The predicted molar refractivity (Wildman–Crippen MR) is 61.9 cm³/mol. The summed E-state index contributed by atoms with van der Waals surface area (Å²) >= 11 is 0. The molecule has 86 valence electrons. The zero-order chi connectivity index (χ0) is 12.4. The van der Waals surface area contributed by atoms with Crippen molar-refractivity contribution in [3.05, 3.63) is 52.7 Å². The van der Waals surface area contributed by atoms with Crippen LogP contribution >= 0.6 is 0 Å². The molecule has 0 fully saturated rings. The Bertz CT molecular complexity index is 617. The molecule has 2 rings (SSSR count). The Morgan fingerprint density at radius 3 is 2.53 bits per heavy atom. The molecule has 0 unspecified atom stereocenters. The summed E-state index contributed by atoms with van der Waals surface area (Å²) < 4.78 is 1.24. The number of aromatic carboxylic acids is 1. The number of aryl methyl sites for hydroxylation is 1. The van der Waals surface area contributed by atoms with Crippen molar-refractivity contribution >= 4 is 5.97 Å². The standard InChI is InChI=1S/C12H10N2O3/c1-14-7-4-9(8-2-5-13-6-3-8)10(11(14)15)12(16)17/h2-7H,1H3,(H,16,17). The maximum atomic E-state index is 11.8. The van der Waals surface area contributed by atoms with Gasteiger partial charge < -0.3 is 9.67 Å². The van der Waals surface area contributed by atoms with Gasteiger partial charge in [0.1, 0.15) is 5.56 Å². The Kier molecular flexibility index (Phi) is 2.74. The fourth-order valence-corrected chi connectivity index (χ4v) is 1.61.